The van der Waals surface area contributed by atoms with Gasteiger partial charge in [0.05, 0.1) is 10.2 Å². The van der Waals surface area contributed by atoms with E-state index in [1.165, 1.54) is 27.0 Å². The van der Waals surface area contributed by atoms with E-state index in [2.05, 4.69) is 20.9 Å². The Bertz CT molecular complexity index is 1200. The molecule has 0 radical (unpaired) electrons. The molecule has 0 atom stereocenters. The number of amides is 1. The second-order valence-corrected chi connectivity index (χ2v) is 11.8. The molecule has 0 aliphatic carbocycles. The Hall–Kier alpha value is -1.33. The van der Waals surface area contributed by atoms with Crippen molar-refractivity contribution in [1.29, 1.82) is 0 Å². The number of carbonyl (C=O) groups excluding carboxylic acids is 1. The summed E-state index contributed by atoms with van der Waals surface area (Å²) in [7, 11) is -3.46. The second kappa shape index (κ2) is 8.43. The summed E-state index contributed by atoms with van der Waals surface area (Å²) >= 11 is 6.20. The lowest BCUT2D eigenvalue weighted by Gasteiger charge is -2.29. The predicted molar refractivity (Wildman–Crippen MR) is 120 cm³/mol. The maximum absolute atomic E-state index is 12.8. The Morgan fingerprint density at radius 3 is 2.69 bits per heavy atom. The van der Waals surface area contributed by atoms with Crippen molar-refractivity contribution in [2.45, 2.75) is 30.5 Å². The SMILES string of the molecule is CCn1c(=NC(=O)C2CCN(S(=O)(=O)c3cccs3)CC2)sc2cc(Br)ccc21. The molecule has 1 aromatic carbocycles. The minimum absolute atomic E-state index is 0.161. The van der Waals surface area contributed by atoms with E-state index in [0.717, 1.165) is 21.2 Å². The summed E-state index contributed by atoms with van der Waals surface area (Å²) in [4.78, 5) is 17.9. The summed E-state index contributed by atoms with van der Waals surface area (Å²) in [5.74, 6) is -0.405. The first-order valence-corrected chi connectivity index (χ1v) is 13.2. The molecule has 0 unspecified atom stereocenters. The van der Waals surface area contributed by atoms with Gasteiger partial charge in [0.15, 0.2) is 4.80 Å². The van der Waals surface area contributed by atoms with Gasteiger partial charge in [-0.3, -0.25) is 4.79 Å². The van der Waals surface area contributed by atoms with Gasteiger partial charge in [-0.05, 0) is 49.4 Å². The molecule has 1 fully saturated rings. The molecule has 10 heteroatoms. The highest BCUT2D eigenvalue weighted by atomic mass is 79.9. The van der Waals surface area contributed by atoms with E-state index < -0.39 is 10.0 Å². The number of benzene rings is 1. The number of aryl methyl sites for hydroxylation is 1. The lowest BCUT2D eigenvalue weighted by atomic mass is 9.98. The number of fused-ring (bicyclic) bond motifs is 1. The monoisotopic (exact) mass is 513 g/mol. The van der Waals surface area contributed by atoms with Crippen LogP contribution in [0.3, 0.4) is 0 Å². The fourth-order valence-corrected chi connectivity index (χ4v) is 7.77. The first-order valence-electron chi connectivity index (χ1n) is 9.31. The quantitative estimate of drug-likeness (QED) is 0.527. The number of halogens is 1. The number of hydrogen-bond donors (Lipinski definition) is 0. The molecule has 1 amide bonds. The van der Waals surface area contributed by atoms with Crippen molar-refractivity contribution in [3.8, 4) is 0 Å². The molecule has 0 N–H and O–H groups in total. The highest BCUT2D eigenvalue weighted by molar-refractivity contribution is 9.10. The van der Waals surface area contributed by atoms with E-state index in [1.54, 1.807) is 17.5 Å². The van der Waals surface area contributed by atoms with Crippen LogP contribution in [0.1, 0.15) is 19.8 Å². The smallest absolute Gasteiger partial charge is 0.252 e. The molecule has 154 valence electrons. The van der Waals surface area contributed by atoms with Crippen LogP contribution in [0.25, 0.3) is 10.2 Å². The van der Waals surface area contributed by atoms with Crippen LogP contribution in [0.5, 0.6) is 0 Å². The van der Waals surface area contributed by atoms with E-state index in [9.17, 15) is 13.2 Å². The molecule has 4 rings (SSSR count). The van der Waals surface area contributed by atoms with Crippen molar-refractivity contribution in [2.75, 3.05) is 13.1 Å². The number of rotatable bonds is 4. The predicted octanol–water partition coefficient (Wildman–Crippen LogP) is 4.07. The Balaban J connectivity index is 1.53. The molecular formula is C19H20BrN3O3S3. The Morgan fingerprint density at radius 2 is 2.03 bits per heavy atom. The van der Waals surface area contributed by atoms with Gasteiger partial charge >= 0.3 is 0 Å². The summed E-state index contributed by atoms with van der Waals surface area (Å²) < 4.78 is 31.2. The molecule has 0 bridgehead atoms. The standard InChI is InChI=1S/C19H20BrN3O3S3/c1-2-23-15-6-5-14(20)12-16(15)28-19(23)21-18(24)13-7-9-22(10-8-13)29(25,26)17-4-3-11-27-17/h3-6,11-13H,2,7-10H2,1H3. The Morgan fingerprint density at radius 1 is 1.28 bits per heavy atom. The van der Waals surface area contributed by atoms with Crippen molar-refractivity contribution < 1.29 is 13.2 Å². The molecule has 6 nitrogen and oxygen atoms in total. The third-order valence-electron chi connectivity index (χ3n) is 5.06. The summed E-state index contributed by atoms with van der Waals surface area (Å²) in [6.45, 7) is 3.45. The highest BCUT2D eigenvalue weighted by Crippen LogP contribution is 2.27. The first kappa shape index (κ1) is 20.9. The van der Waals surface area contributed by atoms with Gasteiger partial charge in [-0.15, -0.1) is 11.3 Å². The number of aromatic nitrogens is 1. The van der Waals surface area contributed by atoms with Crippen molar-refractivity contribution in [2.24, 2.45) is 10.9 Å². The van der Waals surface area contributed by atoms with Crippen molar-refractivity contribution in [3.05, 3.63) is 45.0 Å². The highest BCUT2D eigenvalue weighted by Gasteiger charge is 2.32. The third-order valence-corrected chi connectivity index (χ3v) is 9.87. The van der Waals surface area contributed by atoms with Crippen LogP contribution in [0.2, 0.25) is 0 Å². The van der Waals surface area contributed by atoms with Gasteiger partial charge in [0, 0.05) is 30.0 Å². The lowest BCUT2D eigenvalue weighted by Crippen LogP contribution is -2.40. The van der Waals surface area contributed by atoms with Crippen LogP contribution in [-0.4, -0.2) is 36.3 Å². The van der Waals surface area contributed by atoms with Gasteiger partial charge in [0.25, 0.3) is 15.9 Å². The van der Waals surface area contributed by atoms with Crippen LogP contribution < -0.4 is 4.80 Å². The zero-order valence-corrected chi connectivity index (χ0v) is 19.8. The average Bonchev–Trinajstić information content (AvgIpc) is 3.35. The number of thiophene rings is 1. The summed E-state index contributed by atoms with van der Waals surface area (Å²) in [5.41, 5.74) is 1.06. The number of hydrogen-bond acceptors (Lipinski definition) is 5. The summed E-state index contributed by atoms with van der Waals surface area (Å²) in [5, 5.41) is 1.76. The maximum Gasteiger partial charge on any atom is 0.252 e. The zero-order valence-electron chi connectivity index (χ0n) is 15.7. The van der Waals surface area contributed by atoms with Gasteiger partial charge in [-0.1, -0.05) is 33.3 Å². The van der Waals surface area contributed by atoms with Crippen molar-refractivity contribution in [3.63, 3.8) is 0 Å². The minimum Gasteiger partial charge on any atom is -0.317 e. The summed E-state index contributed by atoms with van der Waals surface area (Å²) in [6.07, 6.45) is 0.991. The van der Waals surface area contributed by atoms with Gasteiger partial charge in [0.2, 0.25) is 0 Å². The fourth-order valence-electron chi connectivity index (χ4n) is 3.50. The van der Waals surface area contributed by atoms with E-state index in [0.29, 0.717) is 34.9 Å². The van der Waals surface area contributed by atoms with Crippen LogP contribution in [0.15, 0.2) is 49.4 Å². The number of piperidine rings is 1. The van der Waals surface area contributed by atoms with E-state index in [1.807, 2.05) is 29.7 Å². The van der Waals surface area contributed by atoms with E-state index in [-0.39, 0.29) is 11.8 Å². The maximum atomic E-state index is 12.8. The number of nitrogens with zero attached hydrogens (tertiary/aromatic N) is 3. The molecule has 3 heterocycles. The van der Waals surface area contributed by atoms with Gasteiger partial charge in [-0.25, -0.2) is 8.42 Å². The van der Waals surface area contributed by atoms with Crippen LogP contribution >= 0.6 is 38.6 Å². The molecule has 2 aromatic heterocycles. The topological polar surface area (TPSA) is 71.7 Å². The largest absolute Gasteiger partial charge is 0.317 e. The van der Waals surface area contributed by atoms with Crippen LogP contribution in [0, 0.1) is 5.92 Å². The molecular weight excluding hydrogens is 494 g/mol. The van der Waals surface area contributed by atoms with Crippen molar-refractivity contribution in [1.82, 2.24) is 8.87 Å². The Kier molecular flexibility index (Phi) is 6.08. The van der Waals surface area contributed by atoms with Gasteiger partial charge in [-0.2, -0.15) is 9.30 Å². The van der Waals surface area contributed by atoms with E-state index >= 15 is 0 Å². The molecule has 0 saturated carbocycles. The molecule has 1 aliphatic heterocycles. The Labute approximate surface area is 185 Å². The van der Waals surface area contributed by atoms with E-state index in [4.69, 9.17) is 0 Å². The lowest BCUT2D eigenvalue weighted by molar-refractivity contribution is -0.122. The fraction of sp³-hybridized carbons (Fsp3) is 0.368. The summed E-state index contributed by atoms with van der Waals surface area (Å²) in [6, 6.07) is 9.39. The normalized spacial score (nSPS) is 17.2. The van der Waals surface area contributed by atoms with Gasteiger partial charge in [0.1, 0.15) is 4.21 Å². The second-order valence-electron chi connectivity index (χ2n) is 6.80. The van der Waals surface area contributed by atoms with Crippen molar-refractivity contribution >= 4 is 64.8 Å². The average molecular weight is 514 g/mol. The van der Waals surface area contributed by atoms with Gasteiger partial charge < -0.3 is 4.57 Å². The molecule has 0 spiro atoms. The third kappa shape index (κ3) is 4.13. The number of carbonyl (C=O) groups is 1. The molecule has 1 saturated heterocycles. The number of sulfonamides is 1. The van der Waals surface area contributed by atoms with Crippen LogP contribution in [-0.2, 0) is 21.4 Å². The first-order chi connectivity index (χ1) is 13.9. The number of thiazole rings is 1. The molecule has 29 heavy (non-hydrogen) atoms. The zero-order chi connectivity index (χ0) is 20.6. The minimum atomic E-state index is -3.46. The molecule has 1 aliphatic rings. The molecule has 3 aromatic rings. The van der Waals surface area contributed by atoms with Crippen LogP contribution in [0.4, 0.5) is 0 Å².